The predicted octanol–water partition coefficient (Wildman–Crippen LogP) is 6.91. The Hall–Kier alpha value is -3.58. The van der Waals surface area contributed by atoms with Crippen molar-refractivity contribution in [3.63, 3.8) is 0 Å². The van der Waals surface area contributed by atoms with E-state index in [1.54, 1.807) is 0 Å². The fraction of sp³-hybridized carbons (Fsp3) is 0. The monoisotopic (exact) mass is 524 g/mol. The fourth-order valence-electron chi connectivity index (χ4n) is 4.06. The molecule has 4 aromatic carbocycles. The van der Waals surface area contributed by atoms with Gasteiger partial charge in [-0.05, 0) is 46.9 Å². The van der Waals surface area contributed by atoms with Crippen LogP contribution in [-0.2, 0) is 0 Å². The molecule has 0 aliphatic heterocycles. The molecule has 0 aliphatic carbocycles. The largest absolute Gasteiger partial charge is 0.278 e. The Bertz CT molecular complexity index is 1520. The number of halogens is 1. The summed E-state index contributed by atoms with van der Waals surface area (Å²) in [6.45, 7) is 0. The molecule has 152 valence electrons. The second-order valence-corrected chi connectivity index (χ2v) is 8.77. The van der Waals surface area contributed by atoms with Crippen LogP contribution in [0.25, 0.3) is 50.5 Å². The summed E-state index contributed by atoms with van der Waals surface area (Å²) in [6, 6.07) is 35.0. The van der Waals surface area contributed by atoms with Gasteiger partial charge in [-0.3, -0.25) is 4.57 Å². The smallest absolute Gasteiger partial charge is 0.238 e. The molecule has 0 bridgehead atoms. The van der Waals surface area contributed by atoms with Gasteiger partial charge in [0.2, 0.25) is 5.95 Å². The third kappa shape index (κ3) is 3.26. The third-order valence-electron chi connectivity index (χ3n) is 5.52. The Kier molecular flexibility index (Phi) is 4.69. The van der Waals surface area contributed by atoms with Gasteiger partial charge in [-0.1, -0.05) is 78.9 Å². The van der Waals surface area contributed by atoms with Crippen molar-refractivity contribution in [1.29, 1.82) is 0 Å². The lowest BCUT2D eigenvalue weighted by Crippen LogP contribution is -2.06. The first-order valence-electron chi connectivity index (χ1n) is 10.3. The van der Waals surface area contributed by atoms with Crippen LogP contribution >= 0.6 is 22.6 Å². The van der Waals surface area contributed by atoms with E-state index < -0.39 is 0 Å². The summed E-state index contributed by atoms with van der Waals surface area (Å²) in [5.74, 6) is 1.93. The molecule has 4 nitrogen and oxygen atoms in total. The number of rotatable bonds is 3. The van der Waals surface area contributed by atoms with Gasteiger partial charge in [-0.2, -0.15) is 9.97 Å². The van der Waals surface area contributed by atoms with Crippen molar-refractivity contribution in [2.24, 2.45) is 0 Å². The van der Waals surface area contributed by atoms with E-state index >= 15 is 0 Å². The van der Waals surface area contributed by atoms with Crippen LogP contribution in [0.4, 0.5) is 0 Å². The molecule has 0 amide bonds. The van der Waals surface area contributed by atoms with Gasteiger partial charge in [-0.15, -0.1) is 0 Å². The van der Waals surface area contributed by atoms with E-state index in [9.17, 15) is 0 Å². The van der Waals surface area contributed by atoms with Crippen molar-refractivity contribution < 1.29 is 0 Å². The van der Waals surface area contributed by atoms with Crippen LogP contribution in [0, 0.1) is 3.57 Å². The van der Waals surface area contributed by atoms with E-state index in [0.717, 1.165) is 22.2 Å². The predicted molar refractivity (Wildman–Crippen MR) is 138 cm³/mol. The van der Waals surface area contributed by atoms with Gasteiger partial charge in [0.05, 0.1) is 11.0 Å². The molecule has 0 fully saturated rings. The van der Waals surface area contributed by atoms with E-state index in [1.165, 1.54) is 14.3 Å². The van der Waals surface area contributed by atoms with Gasteiger partial charge >= 0.3 is 0 Å². The Morgan fingerprint density at radius 1 is 0.531 bits per heavy atom. The molecule has 2 aromatic heterocycles. The molecular weight excluding hydrogens is 507 g/mol. The summed E-state index contributed by atoms with van der Waals surface area (Å²) in [5.41, 5.74) is 4.08. The summed E-state index contributed by atoms with van der Waals surface area (Å²) in [4.78, 5) is 14.7. The summed E-state index contributed by atoms with van der Waals surface area (Å²) in [6.07, 6.45) is 0. The maximum atomic E-state index is 4.93. The molecule has 6 rings (SSSR count). The third-order valence-corrected chi connectivity index (χ3v) is 6.19. The second kappa shape index (κ2) is 7.84. The van der Waals surface area contributed by atoms with Crippen LogP contribution in [0.5, 0.6) is 0 Å². The first-order valence-corrected chi connectivity index (χ1v) is 11.4. The zero-order valence-electron chi connectivity index (χ0n) is 17.0. The Morgan fingerprint density at radius 3 is 1.75 bits per heavy atom. The minimum atomic E-state index is 0.616. The summed E-state index contributed by atoms with van der Waals surface area (Å²) < 4.78 is 3.34. The fourth-order valence-corrected chi connectivity index (χ4v) is 4.55. The zero-order chi connectivity index (χ0) is 21.5. The van der Waals surface area contributed by atoms with E-state index in [-0.39, 0.29) is 0 Å². The number of para-hydroxylation sites is 1. The number of fused-ring (bicyclic) bond motifs is 3. The van der Waals surface area contributed by atoms with Crippen LogP contribution < -0.4 is 0 Å². The van der Waals surface area contributed by atoms with Crippen LogP contribution in [0.15, 0.2) is 103 Å². The summed E-state index contributed by atoms with van der Waals surface area (Å²) in [7, 11) is 0. The number of aromatic nitrogens is 4. The first-order chi connectivity index (χ1) is 15.8. The quantitative estimate of drug-likeness (QED) is 0.237. The highest BCUT2D eigenvalue weighted by molar-refractivity contribution is 14.1. The molecule has 0 atom stereocenters. The maximum absolute atomic E-state index is 4.93. The minimum Gasteiger partial charge on any atom is -0.278 e. The standard InChI is InChI=1S/C27H17IN4/c28-20-15-16-24-22(17-20)21-13-7-8-14-23(21)32(24)27-30-25(18-9-3-1-4-10-18)29-26(31-27)19-11-5-2-6-12-19/h1-17H. The average Bonchev–Trinajstić information content (AvgIpc) is 3.18. The van der Waals surface area contributed by atoms with Crippen LogP contribution in [-0.4, -0.2) is 19.5 Å². The van der Waals surface area contributed by atoms with Crippen molar-refractivity contribution in [3.05, 3.63) is 107 Å². The van der Waals surface area contributed by atoms with Crippen molar-refractivity contribution in [2.45, 2.75) is 0 Å². The zero-order valence-corrected chi connectivity index (χ0v) is 19.1. The van der Waals surface area contributed by atoms with E-state index in [0.29, 0.717) is 17.6 Å². The van der Waals surface area contributed by atoms with Crippen molar-refractivity contribution in [1.82, 2.24) is 19.5 Å². The highest BCUT2D eigenvalue weighted by Crippen LogP contribution is 2.33. The first kappa shape index (κ1) is 19.1. The van der Waals surface area contributed by atoms with E-state index in [4.69, 9.17) is 15.0 Å². The van der Waals surface area contributed by atoms with Gasteiger partial charge in [0.1, 0.15) is 0 Å². The van der Waals surface area contributed by atoms with Crippen LogP contribution in [0.1, 0.15) is 0 Å². The number of hydrogen-bond donors (Lipinski definition) is 0. The molecule has 0 spiro atoms. The second-order valence-electron chi connectivity index (χ2n) is 7.53. The molecule has 0 N–H and O–H groups in total. The Balaban J connectivity index is 1.70. The Labute approximate surface area is 198 Å². The lowest BCUT2D eigenvalue weighted by Gasteiger charge is -2.10. The highest BCUT2D eigenvalue weighted by atomic mass is 127. The number of nitrogens with zero attached hydrogens (tertiary/aromatic N) is 4. The lowest BCUT2D eigenvalue weighted by molar-refractivity contribution is 0.953. The van der Waals surface area contributed by atoms with Gasteiger partial charge < -0.3 is 0 Å². The Morgan fingerprint density at radius 2 is 1.09 bits per heavy atom. The highest BCUT2D eigenvalue weighted by Gasteiger charge is 2.17. The van der Waals surface area contributed by atoms with Gasteiger partial charge in [0, 0.05) is 25.5 Å². The van der Waals surface area contributed by atoms with E-state index in [2.05, 4.69) is 69.6 Å². The topological polar surface area (TPSA) is 43.6 Å². The van der Waals surface area contributed by atoms with Crippen LogP contribution in [0.3, 0.4) is 0 Å². The normalized spacial score (nSPS) is 11.3. The van der Waals surface area contributed by atoms with Crippen molar-refractivity contribution in [2.75, 3.05) is 0 Å². The molecule has 0 aliphatic rings. The minimum absolute atomic E-state index is 0.616. The molecule has 6 aromatic rings. The molecule has 0 saturated heterocycles. The van der Waals surface area contributed by atoms with Gasteiger partial charge in [0.25, 0.3) is 0 Å². The molecular formula is C27H17IN4. The molecule has 0 saturated carbocycles. The molecule has 0 unspecified atom stereocenters. The molecule has 0 radical (unpaired) electrons. The molecule has 32 heavy (non-hydrogen) atoms. The summed E-state index contributed by atoms with van der Waals surface area (Å²) in [5, 5.41) is 2.37. The maximum Gasteiger partial charge on any atom is 0.238 e. The molecule has 5 heteroatoms. The van der Waals surface area contributed by atoms with Gasteiger partial charge in [0.15, 0.2) is 11.6 Å². The van der Waals surface area contributed by atoms with Crippen molar-refractivity contribution >= 4 is 44.4 Å². The van der Waals surface area contributed by atoms with Gasteiger partial charge in [-0.25, -0.2) is 4.98 Å². The molecule has 2 heterocycles. The number of hydrogen-bond acceptors (Lipinski definition) is 3. The van der Waals surface area contributed by atoms with Crippen molar-refractivity contribution in [3.8, 4) is 28.7 Å². The average molecular weight is 524 g/mol. The number of benzene rings is 4. The van der Waals surface area contributed by atoms with E-state index in [1.807, 2.05) is 60.7 Å². The summed E-state index contributed by atoms with van der Waals surface area (Å²) >= 11 is 2.36. The lowest BCUT2D eigenvalue weighted by atomic mass is 10.2. The SMILES string of the molecule is Ic1ccc2c(c1)c1ccccc1n2-c1nc(-c2ccccc2)nc(-c2ccccc2)n1. The van der Waals surface area contributed by atoms with Crippen LogP contribution in [0.2, 0.25) is 0 Å².